The highest BCUT2D eigenvalue weighted by Crippen LogP contribution is 2.35. The molecule has 11 nitrogen and oxygen atoms in total. The summed E-state index contributed by atoms with van der Waals surface area (Å²) in [5.41, 5.74) is 10.3. The molecule has 0 bridgehead atoms. The van der Waals surface area contributed by atoms with Gasteiger partial charge < -0.3 is 30.9 Å². The molecule has 1 aliphatic heterocycles. The predicted molar refractivity (Wildman–Crippen MR) is 179 cm³/mol. The Balaban J connectivity index is 1.49. The number of nitrogens with zero attached hydrogens (tertiary/aromatic N) is 3. The molecule has 4 aromatic rings. The Hall–Kier alpha value is -5.45. The van der Waals surface area contributed by atoms with Gasteiger partial charge >= 0.3 is 5.97 Å². The summed E-state index contributed by atoms with van der Waals surface area (Å²) < 4.78 is 1.39. The number of benzene rings is 3. The number of carbonyl (C=O) groups excluding carboxylic acids is 2. The van der Waals surface area contributed by atoms with Crippen LogP contribution in [0.2, 0.25) is 0 Å². The zero-order valence-electron chi connectivity index (χ0n) is 26.5. The average molecular weight is 623 g/mol. The normalized spacial score (nSPS) is 14.6. The highest BCUT2D eigenvalue weighted by Gasteiger charge is 2.32. The van der Waals surface area contributed by atoms with Crippen molar-refractivity contribution < 1.29 is 19.5 Å². The van der Waals surface area contributed by atoms with E-state index in [1.165, 1.54) is 16.7 Å². The number of hydrogen-bond donors (Lipinski definition) is 4. The Morgan fingerprint density at radius 1 is 1.00 bits per heavy atom. The van der Waals surface area contributed by atoms with Gasteiger partial charge in [0.25, 0.3) is 11.5 Å². The maximum Gasteiger partial charge on any atom is 0.326 e. The van der Waals surface area contributed by atoms with Crippen LogP contribution in [0.15, 0.2) is 71.7 Å². The molecule has 238 valence electrons. The molecule has 1 aliphatic rings. The monoisotopic (exact) mass is 622 g/mol. The van der Waals surface area contributed by atoms with Gasteiger partial charge in [-0.2, -0.15) is 0 Å². The standard InChI is InChI=1S/C35H38N6O5/c1-20-24(8-6-9-25(20)39-32(43)21-11-14-23(15-12-21)35(2,3)4)27-19-40(5)33(44)31(38-27)37-26-18-22(30(36)42)13-16-28(26)41-17-7-10-29(41)34(45)46/h6,8-9,11-16,18-19,29H,7,10,17H2,1-5H3,(H2,36,42)(H,37,38)(H,39,43)(H,45,46). The molecule has 46 heavy (non-hydrogen) atoms. The number of carboxylic acid groups (broad SMARTS) is 1. The third-order valence-electron chi connectivity index (χ3n) is 8.32. The van der Waals surface area contributed by atoms with Crippen LogP contribution in [0.3, 0.4) is 0 Å². The third kappa shape index (κ3) is 6.49. The highest BCUT2D eigenvalue weighted by atomic mass is 16.4. The van der Waals surface area contributed by atoms with Crippen LogP contribution in [0.1, 0.15) is 65.5 Å². The molecule has 1 aromatic heterocycles. The Kier molecular flexibility index (Phi) is 8.69. The van der Waals surface area contributed by atoms with E-state index in [9.17, 15) is 24.3 Å². The van der Waals surface area contributed by atoms with E-state index < -0.39 is 23.5 Å². The number of amides is 2. The van der Waals surface area contributed by atoms with Crippen LogP contribution in [0.5, 0.6) is 0 Å². The first kappa shape index (κ1) is 32.0. The third-order valence-corrected chi connectivity index (χ3v) is 8.32. The summed E-state index contributed by atoms with van der Waals surface area (Å²) in [7, 11) is 1.60. The van der Waals surface area contributed by atoms with Gasteiger partial charge in [0.1, 0.15) is 6.04 Å². The molecule has 3 aromatic carbocycles. The second-order valence-electron chi connectivity index (χ2n) is 12.6. The Bertz CT molecular complexity index is 1890. The van der Waals surface area contributed by atoms with Crippen molar-refractivity contribution >= 4 is 40.7 Å². The number of anilines is 4. The molecule has 2 amide bonds. The summed E-state index contributed by atoms with van der Waals surface area (Å²) in [4.78, 5) is 56.8. The molecule has 5 rings (SSSR count). The van der Waals surface area contributed by atoms with Gasteiger partial charge in [-0.15, -0.1) is 0 Å². The minimum atomic E-state index is -0.956. The van der Waals surface area contributed by atoms with Gasteiger partial charge in [0.05, 0.1) is 17.1 Å². The average Bonchev–Trinajstić information content (AvgIpc) is 3.50. The van der Waals surface area contributed by atoms with E-state index in [4.69, 9.17) is 5.73 Å². The van der Waals surface area contributed by atoms with E-state index in [2.05, 4.69) is 36.4 Å². The molecule has 1 atom stereocenters. The molecule has 1 fully saturated rings. The summed E-state index contributed by atoms with van der Waals surface area (Å²) in [6, 6.07) is 16.9. The Morgan fingerprint density at radius 3 is 2.35 bits per heavy atom. The summed E-state index contributed by atoms with van der Waals surface area (Å²) in [6.07, 6.45) is 2.75. The minimum absolute atomic E-state index is 0.0262. The number of carbonyl (C=O) groups is 3. The molecular weight excluding hydrogens is 584 g/mol. The smallest absolute Gasteiger partial charge is 0.326 e. The van der Waals surface area contributed by atoms with E-state index in [1.54, 1.807) is 36.3 Å². The van der Waals surface area contributed by atoms with Crippen molar-refractivity contribution in [2.24, 2.45) is 12.8 Å². The molecule has 0 spiro atoms. The maximum atomic E-state index is 13.3. The van der Waals surface area contributed by atoms with Crippen molar-refractivity contribution in [1.29, 1.82) is 0 Å². The van der Waals surface area contributed by atoms with Crippen molar-refractivity contribution in [3.8, 4) is 11.3 Å². The number of aromatic nitrogens is 2. The zero-order valence-corrected chi connectivity index (χ0v) is 26.5. The number of aryl methyl sites for hydroxylation is 1. The molecule has 0 aliphatic carbocycles. The van der Waals surface area contributed by atoms with Gasteiger partial charge in [-0.1, -0.05) is 45.0 Å². The van der Waals surface area contributed by atoms with Gasteiger partial charge in [-0.3, -0.25) is 14.4 Å². The van der Waals surface area contributed by atoms with E-state index in [0.29, 0.717) is 53.3 Å². The SMILES string of the molecule is Cc1c(NC(=O)c2ccc(C(C)(C)C)cc2)cccc1-c1cn(C)c(=O)c(Nc2cc(C(N)=O)ccc2N2CCCC2C(=O)O)n1. The van der Waals surface area contributed by atoms with Crippen LogP contribution in [0.25, 0.3) is 11.3 Å². The molecule has 2 heterocycles. The molecule has 5 N–H and O–H groups in total. The lowest BCUT2D eigenvalue weighted by atomic mass is 9.86. The Morgan fingerprint density at radius 2 is 1.70 bits per heavy atom. The molecule has 11 heteroatoms. The van der Waals surface area contributed by atoms with Gasteiger partial charge in [0.2, 0.25) is 5.91 Å². The number of hydrogen-bond acceptors (Lipinski definition) is 7. The summed E-state index contributed by atoms with van der Waals surface area (Å²) >= 11 is 0. The fraction of sp³-hybridized carbons (Fsp3) is 0.286. The molecule has 1 saturated heterocycles. The van der Waals surface area contributed by atoms with Gasteiger partial charge in [0, 0.05) is 42.2 Å². The topological polar surface area (TPSA) is 160 Å². The number of nitrogens with one attached hydrogen (secondary N) is 2. The van der Waals surface area contributed by atoms with Crippen molar-refractivity contribution in [3.63, 3.8) is 0 Å². The zero-order chi connectivity index (χ0) is 33.3. The van der Waals surface area contributed by atoms with Crippen LogP contribution in [-0.4, -0.2) is 45.0 Å². The van der Waals surface area contributed by atoms with Gasteiger partial charge in [-0.05, 0) is 72.7 Å². The fourth-order valence-corrected chi connectivity index (χ4v) is 5.66. The lowest BCUT2D eigenvalue weighted by Gasteiger charge is -2.26. The van der Waals surface area contributed by atoms with Gasteiger partial charge in [-0.25, -0.2) is 9.78 Å². The molecule has 1 unspecified atom stereocenters. The van der Waals surface area contributed by atoms with Crippen molar-refractivity contribution in [1.82, 2.24) is 9.55 Å². The number of aliphatic carboxylic acids is 1. The summed E-state index contributed by atoms with van der Waals surface area (Å²) in [6.45, 7) is 8.70. The first-order valence-corrected chi connectivity index (χ1v) is 15.0. The first-order valence-electron chi connectivity index (χ1n) is 15.0. The second kappa shape index (κ2) is 12.5. The molecule has 0 saturated carbocycles. The van der Waals surface area contributed by atoms with E-state index >= 15 is 0 Å². The first-order chi connectivity index (χ1) is 21.7. The van der Waals surface area contributed by atoms with E-state index in [1.807, 2.05) is 37.3 Å². The van der Waals surface area contributed by atoms with Crippen molar-refractivity contribution in [2.45, 2.75) is 52.0 Å². The van der Waals surface area contributed by atoms with Crippen LogP contribution < -0.4 is 26.8 Å². The van der Waals surface area contributed by atoms with Crippen LogP contribution in [0, 0.1) is 6.92 Å². The van der Waals surface area contributed by atoms with Crippen LogP contribution in [0.4, 0.5) is 22.9 Å². The second-order valence-corrected chi connectivity index (χ2v) is 12.6. The van der Waals surface area contributed by atoms with Crippen LogP contribution in [-0.2, 0) is 17.3 Å². The number of carboxylic acids is 1. The largest absolute Gasteiger partial charge is 0.480 e. The van der Waals surface area contributed by atoms with E-state index in [0.717, 1.165) is 11.1 Å². The summed E-state index contributed by atoms with van der Waals surface area (Å²) in [5, 5.41) is 15.9. The van der Waals surface area contributed by atoms with E-state index in [-0.39, 0.29) is 22.7 Å². The van der Waals surface area contributed by atoms with Crippen molar-refractivity contribution in [3.05, 3.63) is 99.5 Å². The molecule has 0 radical (unpaired) electrons. The fourth-order valence-electron chi connectivity index (χ4n) is 5.66. The van der Waals surface area contributed by atoms with Gasteiger partial charge in [0.15, 0.2) is 5.82 Å². The van der Waals surface area contributed by atoms with Crippen molar-refractivity contribution in [2.75, 3.05) is 22.1 Å². The molecular formula is C35H38N6O5. The minimum Gasteiger partial charge on any atom is -0.480 e. The predicted octanol–water partition coefficient (Wildman–Crippen LogP) is 5.20. The quantitative estimate of drug-likeness (QED) is 0.209. The summed E-state index contributed by atoms with van der Waals surface area (Å²) in [5.74, 6) is -1.90. The highest BCUT2D eigenvalue weighted by molar-refractivity contribution is 6.05. The maximum absolute atomic E-state index is 13.3. The number of rotatable bonds is 8. The van der Waals surface area contributed by atoms with Crippen LogP contribution >= 0.6 is 0 Å². The lowest BCUT2D eigenvalue weighted by molar-refractivity contribution is -0.138. The number of nitrogens with two attached hydrogens (primary N) is 1. The lowest BCUT2D eigenvalue weighted by Crippen LogP contribution is -2.36. The number of primary amides is 1. The Labute approximate surface area is 267 Å².